The van der Waals surface area contributed by atoms with Crippen LogP contribution >= 0.6 is 11.6 Å². The quantitative estimate of drug-likeness (QED) is 0.788. The minimum Gasteiger partial charge on any atom is -0.385 e. The van der Waals surface area contributed by atoms with Crippen molar-refractivity contribution in [3.63, 3.8) is 0 Å². The van der Waals surface area contributed by atoms with E-state index in [1.807, 2.05) is 43.4 Å². The summed E-state index contributed by atoms with van der Waals surface area (Å²) in [5.74, 6) is 1.04. The van der Waals surface area contributed by atoms with Crippen molar-refractivity contribution < 1.29 is 0 Å². The van der Waals surface area contributed by atoms with Gasteiger partial charge in [-0.15, -0.1) is 0 Å². The number of hydrogen-bond donors (Lipinski definition) is 1. The molecular weight excluding hydrogens is 270 g/mol. The third-order valence-electron chi connectivity index (χ3n) is 3.39. The second-order valence-electron chi connectivity index (χ2n) is 4.74. The molecule has 1 heterocycles. The predicted molar refractivity (Wildman–Crippen MR) is 84.4 cm³/mol. The molecule has 3 nitrogen and oxygen atoms in total. The number of rotatable bonds is 4. The van der Waals surface area contributed by atoms with Crippen LogP contribution in [-0.4, -0.2) is 16.1 Å². The van der Waals surface area contributed by atoms with Gasteiger partial charge in [-0.1, -0.05) is 35.9 Å². The van der Waals surface area contributed by atoms with E-state index in [0.717, 1.165) is 40.5 Å². The van der Waals surface area contributed by atoms with E-state index in [2.05, 4.69) is 27.0 Å². The Bertz CT molecular complexity index is 719. The van der Waals surface area contributed by atoms with E-state index in [1.54, 1.807) is 0 Å². The molecule has 0 unspecified atom stereocenters. The van der Waals surface area contributed by atoms with Crippen LogP contribution in [0.3, 0.4) is 0 Å². The van der Waals surface area contributed by atoms with Gasteiger partial charge < -0.3 is 9.88 Å². The van der Waals surface area contributed by atoms with E-state index in [-0.39, 0.29) is 0 Å². The molecule has 3 aromatic rings. The minimum atomic E-state index is 0.750. The molecule has 0 aliphatic carbocycles. The number of nitrogens with one attached hydrogen (secondary N) is 1. The highest BCUT2D eigenvalue weighted by Crippen LogP contribution is 2.23. The first-order valence-corrected chi connectivity index (χ1v) is 7.02. The summed E-state index contributed by atoms with van der Waals surface area (Å²) in [6, 6.07) is 16.0. The molecule has 0 amide bonds. The van der Waals surface area contributed by atoms with Gasteiger partial charge in [-0.3, -0.25) is 0 Å². The Balaban J connectivity index is 1.75. The van der Waals surface area contributed by atoms with Crippen molar-refractivity contribution in [3.8, 4) is 0 Å². The summed E-state index contributed by atoms with van der Waals surface area (Å²) in [4.78, 5) is 4.64. The highest BCUT2D eigenvalue weighted by Gasteiger charge is 2.09. The number of halogens is 1. The van der Waals surface area contributed by atoms with Crippen molar-refractivity contribution in [2.75, 3.05) is 11.9 Å². The zero-order valence-electron chi connectivity index (χ0n) is 11.3. The van der Waals surface area contributed by atoms with E-state index in [1.165, 1.54) is 0 Å². The highest BCUT2D eigenvalue weighted by atomic mass is 35.5. The van der Waals surface area contributed by atoms with Crippen molar-refractivity contribution in [1.29, 1.82) is 0 Å². The summed E-state index contributed by atoms with van der Waals surface area (Å²) < 4.78 is 2.07. The van der Waals surface area contributed by atoms with Crippen LogP contribution < -0.4 is 5.32 Å². The predicted octanol–water partition coefficient (Wildman–Crippen LogP) is 3.88. The molecule has 2 aromatic carbocycles. The van der Waals surface area contributed by atoms with Gasteiger partial charge in [0.1, 0.15) is 5.82 Å². The van der Waals surface area contributed by atoms with Crippen LogP contribution in [-0.2, 0) is 13.5 Å². The maximum Gasteiger partial charge on any atom is 0.111 e. The number of fused-ring (bicyclic) bond motifs is 1. The smallest absolute Gasteiger partial charge is 0.111 e. The van der Waals surface area contributed by atoms with Gasteiger partial charge in [0, 0.05) is 25.7 Å². The molecule has 0 aliphatic heterocycles. The summed E-state index contributed by atoms with van der Waals surface area (Å²) in [5, 5.41) is 4.14. The maximum absolute atomic E-state index is 6.23. The lowest BCUT2D eigenvalue weighted by molar-refractivity contribution is 0.808. The van der Waals surface area contributed by atoms with Gasteiger partial charge >= 0.3 is 0 Å². The topological polar surface area (TPSA) is 29.9 Å². The van der Waals surface area contributed by atoms with Gasteiger partial charge in [0.05, 0.1) is 16.1 Å². The Labute approximate surface area is 123 Å². The fraction of sp³-hybridized carbons (Fsp3) is 0.188. The van der Waals surface area contributed by atoms with Crippen LogP contribution in [0, 0.1) is 0 Å². The molecule has 0 aliphatic rings. The third-order valence-corrected chi connectivity index (χ3v) is 3.69. The maximum atomic E-state index is 6.23. The lowest BCUT2D eigenvalue weighted by atomic mass is 10.3. The molecule has 0 saturated heterocycles. The molecule has 0 bridgehead atoms. The minimum absolute atomic E-state index is 0.750. The van der Waals surface area contributed by atoms with Crippen molar-refractivity contribution in [3.05, 3.63) is 59.4 Å². The van der Waals surface area contributed by atoms with Crippen molar-refractivity contribution >= 4 is 28.3 Å². The van der Waals surface area contributed by atoms with Gasteiger partial charge in [-0.2, -0.15) is 0 Å². The van der Waals surface area contributed by atoms with Gasteiger partial charge in [-0.25, -0.2) is 4.98 Å². The Hall–Kier alpha value is -2.00. The first-order chi connectivity index (χ1) is 9.75. The zero-order valence-corrected chi connectivity index (χ0v) is 12.1. The fourth-order valence-corrected chi connectivity index (χ4v) is 2.66. The Morgan fingerprint density at radius 2 is 1.90 bits per heavy atom. The average Bonchev–Trinajstić information content (AvgIpc) is 2.78. The van der Waals surface area contributed by atoms with Gasteiger partial charge in [0.25, 0.3) is 0 Å². The standard InChI is InChI=1S/C16H16ClN3/c1-20-15(10-11-18-12-6-3-2-4-7-12)19-14-9-5-8-13(17)16(14)20/h2-9,18H,10-11H2,1H3. The number of aryl methyl sites for hydroxylation is 1. The van der Waals surface area contributed by atoms with E-state index >= 15 is 0 Å². The largest absolute Gasteiger partial charge is 0.385 e. The Morgan fingerprint density at radius 1 is 1.10 bits per heavy atom. The van der Waals surface area contributed by atoms with Crippen molar-refractivity contribution in [2.24, 2.45) is 7.05 Å². The van der Waals surface area contributed by atoms with Crippen LogP contribution in [0.5, 0.6) is 0 Å². The monoisotopic (exact) mass is 285 g/mol. The molecule has 20 heavy (non-hydrogen) atoms. The zero-order chi connectivity index (χ0) is 13.9. The van der Waals surface area contributed by atoms with Crippen LogP contribution in [0.25, 0.3) is 11.0 Å². The average molecular weight is 286 g/mol. The van der Waals surface area contributed by atoms with E-state index in [9.17, 15) is 0 Å². The number of benzene rings is 2. The summed E-state index contributed by atoms with van der Waals surface area (Å²) in [7, 11) is 2.01. The number of para-hydroxylation sites is 2. The number of hydrogen-bond acceptors (Lipinski definition) is 2. The van der Waals surface area contributed by atoms with E-state index in [4.69, 9.17) is 11.6 Å². The summed E-state index contributed by atoms with van der Waals surface area (Å²) in [6.45, 7) is 0.846. The third kappa shape index (κ3) is 2.49. The molecule has 0 fully saturated rings. The molecule has 4 heteroatoms. The highest BCUT2D eigenvalue weighted by molar-refractivity contribution is 6.35. The van der Waals surface area contributed by atoms with Gasteiger partial charge in [0.2, 0.25) is 0 Å². The number of nitrogens with zero attached hydrogens (tertiary/aromatic N) is 2. The Kier molecular flexibility index (Phi) is 3.61. The molecule has 0 spiro atoms. The second-order valence-corrected chi connectivity index (χ2v) is 5.14. The molecule has 3 rings (SSSR count). The Morgan fingerprint density at radius 3 is 2.65 bits per heavy atom. The summed E-state index contributed by atoms with van der Waals surface area (Å²) >= 11 is 6.23. The first kappa shape index (κ1) is 13.0. The van der Waals surface area contributed by atoms with Crippen LogP contribution in [0.15, 0.2) is 48.5 Å². The number of aromatic nitrogens is 2. The number of imidazole rings is 1. The molecule has 0 radical (unpaired) electrons. The molecule has 1 aromatic heterocycles. The first-order valence-electron chi connectivity index (χ1n) is 6.64. The van der Waals surface area contributed by atoms with Gasteiger partial charge in [-0.05, 0) is 24.3 Å². The molecule has 1 N–H and O–H groups in total. The molecule has 0 atom stereocenters. The normalized spacial score (nSPS) is 10.9. The summed E-state index contributed by atoms with van der Waals surface area (Å²) in [5.41, 5.74) is 3.09. The fourth-order valence-electron chi connectivity index (χ4n) is 2.37. The molecular formula is C16H16ClN3. The van der Waals surface area contributed by atoms with Crippen LogP contribution in [0.4, 0.5) is 5.69 Å². The molecule has 0 saturated carbocycles. The van der Waals surface area contributed by atoms with Crippen LogP contribution in [0.2, 0.25) is 5.02 Å². The SMILES string of the molecule is Cn1c(CCNc2ccccc2)nc2cccc(Cl)c21. The van der Waals surface area contributed by atoms with Gasteiger partial charge in [0.15, 0.2) is 0 Å². The van der Waals surface area contributed by atoms with Crippen molar-refractivity contribution in [1.82, 2.24) is 9.55 Å². The lowest BCUT2D eigenvalue weighted by Crippen LogP contribution is -2.08. The van der Waals surface area contributed by atoms with Crippen LogP contribution in [0.1, 0.15) is 5.82 Å². The second kappa shape index (κ2) is 5.55. The van der Waals surface area contributed by atoms with E-state index in [0.29, 0.717) is 0 Å². The van der Waals surface area contributed by atoms with E-state index < -0.39 is 0 Å². The molecule has 102 valence electrons. The summed E-state index contributed by atoms with van der Waals surface area (Å²) in [6.07, 6.45) is 0.858. The lowest BCUT2D eigenvalue weighted by Gasteiger charge is -2.06. The van der Waals surface area contributed by atoms with Crippen molar-refractivity contribution in [2.45, 2.75) is 6.42 Å². The number of anilines is 1.